The average molecular weight is 234 g/mol. The van der Waals surface area contributed by atoms with Crippen LogP contribution in [0.25, 0.3) is 0 Å². The molecule has 0 aromatic heterocycles. The minimum atomic E-state index is -1.62. The summed E-state index contributed by atoms with van der Waals surface area (Å²) in [7, 11) is 0. The minimum Gasteiger partial charge on any atom is -0.393 e. The highest BCUT2D eigenvalue weighted by Gasteiger charge is 1.99. The molecule has 2 unspecified atom stereocenters. The van der Waals surface area contributed by atoms with Gasteiger partial charge >= 0.3 is 0 Å². The molecule has 0 aromatic carbocycles. The topological polar surface area (TPSA) is 40.5 Å². The first-order valence-electron chi connectivity index (χ1n) is 6.63. The van der Waals surface area contributed by atoms with Crippen LogP contribution in [0.15, 0.2) is 0 Å². The van der Waals surface area contributed by atoms with E-state index in [9.17, 15) is 4.39 Å². The lowest BCUT2D eigenvalue weighted by molar-refractivity contribution is 0.0323. The predicted molar refractivity (Wildman–Crippen MR) is 65.0 cm³/mol. The van der Waals surface area contributed by atoms with Crippen LogP contribution in [0, 0.1) is 0 Å². The summed E-state index contributed by atoms with van der Waals surface area (Å²) >= 11 is 0. The van der Waals surface area contributed by atoms with Crippen molar-refractivity contribution in [3.8, 4) is 0 Å². The quantitative estimate of drug-likeness (QED) is 0.537. The fourth-order valence-electron chi connectivity index (χ4n) is 1.81. The molecule has 3 heteroatoms. The predicted octanol–water partition coefficient (Wildman–Crippen LogP) is 3.56. The molecule has 0 aromatic rings. The van der Waals surface area contributed by atoms with Crippen molar-refractivity contribution in [1.82, 2.24) is 0 Å². The standard InChI is InChI=1S/C13H27FO2/c1-12(15)10-8-6-4-2-3-5-7-9-11-13(14)16/h12-13,15-16H,2-11H2,1H3. The molecule has 0 amide bonds. The van der Waals surface area contributed by atoms with Gasteiger partial charge < -0.3 is 10.2 Å². The van der Waals surface area contributed by atoms with Gasteiger partial charge in [-0.15, -0.1) is 0 Å². The normalized spacial score (nSPS) is 15.0. The Morgan fingerprint density at radius 3 is 1.50 bits per heavy atom. The number of halogens is 1. The Labute approximate surface area is 98.9 Å². The van der Waals surface area contributed by atoms with Crippen molar-refractivity contribution in [3.63, 3.8) is 0 Å². The maximum absolute atomic E-state index is 12.0. The second-order valence-corrected chi connectivity index (χ2v) is 4.69. The Bertz CT molecular complexity index is 122. The smallest absolute Gasteiger partial charge is 0.196 e. The Morgan fingerprint density at radius 1 is 0.750 bits per heavy atom. The van der Waals surface area contributed by atoms with Crippen molar-refractivity contribution in [2.45, 2.75) is 83.6 Å². The molecule has 0 saturated heterocycles. The van der Waals surface area contributed by atoms with Gasteiger partial charge in [-0.1, -0.05) is 44.9 Å². The molecule has 2 atom stereocenters. The van der Waals surface area contributed by atoms with E-state index in [0.29, 0.717) is 0 Å². The van der Waals surface area contributed by atoms with Gasteiger partial charge in [0.25, 0.3) is 0 Å². The zero-order chi connectivity index (χ0) is 12.2. The van der Waals surface area contributed by atoms with E-state index in [1.807, 2.05) is 6.92 Å². The molecule has 0 aliphatic rings. The number of rotatable bonds is 11. The van der Waals surface area contributed by atoms with Crippen LogP contribution in [0.3, 0.4) is 0 Å². The molecule has 0 rings (SSSR count). The molecule has 98 valence electrons. The van der Waals surface area contributed by atoms with Crippen molar-refractivity contribution in [2.24, 2.45) is 0 Å². The fourth-order valence-corrected chi connectivity index (χ4v) is 1.81. The summed E-state index contributed by atoms with van der Waals surface area (Å²) in [5, 5.41) is 17.5. The van der Waals surface area contributed by atoms with Gasteiger partial charge in [-0.2, -0.15) is 0 Å². The van der Waals surface area contributed by atoms with Crippen molar-refractivity contribution >= 4 is 0 Å². The molecule has 0 heterocycles. The van der Waals surface area contributed by atoms with Crippen LogP contribution in [0.1, 0.15) is 71.1 Å². The van der Waals surface area contributed by atoms with Gasteiger partial charge in [0.2, 0.25) is 0 Å². The number of hydrogen-bond donors (Lipinski definition) is 2. The fraction of sp³-hybridized carbons (Fsp3) is 1.00. The third kappa shape index (κ3) is 13.8. The van der Waals surface area contributed by atoms with Crippen molar-refractivity contribution in [1.29, 1.82) is 0 Å². The summed E-state index contributed by atoms with van der Waals surface area (Å²) in [5.74, 6) is 0. The van der Waals surface area contributed by atoms with Gasteiger partial charge in [-0.3, -0.25) is 0 Å². The highest BCUT2D eigenvalue weighted by atomic mass is 19.1. The van der Waals surface area contributed by atoms with E-state index in [2.05, 4.69) is 0 Å². The van der Waals surface area contributed by atoms with Crippen molar-refractivity contribution < 1.29 is 14.6 Å². The van der Waals surface area contributed by atoms with Gasteiger partial charge in [-0.05, 0) is 19.8 Å². The van der Waals surface area contributed by atoms with Crippen LogP contribution < -0.4 is 0 Å². The zero-order valence-corrected chi connectivity index (χ0v) is 10.5. The largest absolute Gasteiger partial charge is 0.393 e. The van der Waals surface area contributed by atoms with Gasteiger partial charge in [0, 0.05) is 6.42 Å². The molecule has 0 spiro atoms. The Hall–Kier alpha value is -0.150. The molecular weight excluding hydrogens is 207 g/mol. The van der Waals surface area contributed by atoms with E-state index < -0.39 is 6.36 Å². The summed E-state index contributed by atoms with van der Waals surface area (Å²) in [6.45, 7) is 1.83. The van der Waals surface area contributed by atoms with Crippen molar-refractivity contribution in [2.75, 3.05) is 0 Å². The summed E-state index contributed by atoms with van der Waals surface area (Å²) in [6, 6.07) is 0. The molecule has 0 aliphatic carbocycles. The number of aliphatic hydroxyl groups is 2. The third-order valence-electron chi connectivity index (χ3n) is 2.81. The van der Waals surface area contributed by atoms with Crippen LogP contribution in [-0.4, -0.2) is 22.7 Å². The van der Waals surface area contributed by atoms with E-state index in [1.54, 1.807) is 0 Å². The SMILES string of the molecule is CC(O)CCCCCCCCCCC(O)F. The van der Waals surface area contributed by atoms with E-state index in [0.717, 1.165) is 32.1 Å². The second kappa shape index (κ2) is 11.3. The van der Waals surface area contributed by atoms with Gasteiger partial charge in [0.05, 0.1) is 6.10 Å². The van der Waals surface area contributed by atoms with E-state index >= 15 is 0 Å². The Kier molecular flexibility index (Phi) is 11.2. The number of aliphatic hydroxyl groups excluding tert-OH is 2. The first-order valence-corrected chi connectivity index (χ1v) is 6.63. The lowest BCUT2D eigenvalue weighted by Gasteiger charge is -2.04. The third-order valence-corrected chi connectivity index (χ3v) is 2.81. The van der Waals surface area contributed by atoms with Crippen LogP contribution in [0.2, 0.25) is 0 Å². The maximum Gasteiger partial charge on any atom is 0.196 e. The van der Waals surface area contributed by atoms with Gasteiger partial charge in [0.15, 0.2) is 6.36 Å². The van der Waals surface area contributed by atoms with E-state index in [-0.39, 0.29) is 12.5 Å². The van der Waals surface area contributed by atoms with E-state index in [1.165, 1.54) is 25.7 Å². The number of hydrogen-bond acceptors (Lipinski definition) is 2. The lowest BCUT2D eigenvalue weighted by atomic mass is 10.1. The summed E-state index contributed by atoms with van der Waals surface area (Å²) in [6.07, 6.45) is 8.36. The molecule has 0 saturated carbocycles. The first-order chi connectivity index (χ1) is 7.63. The molecule has 0 aliphatic heterocycles. The molecule has 2 nitrogen and oxygen atoms in total. The van der Waals surface area contributed by atoms with Crippen LogP contribution in [-0.2, 0) is 0 Å². The van der Waals surface area contributed by atoms with Crippen LogP contribution in [0.5, 0.6) is 0 Å². The zero-order valence-electron chi connectivity index (χ0n) is 10.5. The number of alkyl halides is 1. The number of unbranched alkanes of at least 4 members (excludes halogenated alkanes) is 7. The molecular formula is C13H27FO2. The van der Waals surface area contributed by atoms with E-state index in [4.69, 9.17) is 10.2 Å². The molecule has 2 N–H and O–H groups in total. The molecule has 0 fully saturated rings. The molecule has 0 radical (unpaired) electrons. The highest BCUT2D eigenvalue weighted by Crippen LogP contribution is 2.12. The second-order valence-electron chi connectivity index (χ2n) is 4.69. The summed E-state index contributed by atoms with van der Waals surface area (Å²) < 4.78 is 12.0. The first kappa shape index (κ1) is 15.9. The van der Waals surface area contributed by atoms with Crippen LogP contribution >= 0.6 is 0 Å². The minimum absolute atomic E-state index is 0.160. The molecule has 16 heavy (non-hydrogen) atoms. The maximum atomic E-state index is 12.0. The van der Waals surface area contributed by atoms with Gasteiger partial charge in [-0.25, -0.2) is 4.39 Å². The lowest BCUT2D eigenvalue weighted by Crippen LogP contribution is -1.98. The Morgan fingerprint density at radius 2 is 1.12 bits per heavy atom. The molecule has 0 bridgehead atoms. The monoisotopic (exact) mass is 234 g/mol. The van der Waals surface area contributed by atoms with Gasteiger partial charge in [0.1, 0.15) is 0 Å². The average Bonchev–Trinajstić information content (AvgIpc) is 2.20. The highest BCUT2D eigenvalue weighted by molar-refractivity contribution is 4.50. The van der Waals surface area contributed by atoms with Crippen molar-refractivity contribution in [3.05, 3.63) is 0 Å². The summed E-state index contributed by atoms with van der Waals surface area (Å²) in [4.78, 5) is 0. The van der Waals surface area contributed by atoms with Crippen LogP contribution in [0.4, 0.5) is 4.39 Å². The Balaban J connectivity index is 2.93. The summed E-state index contributed by atoms with van der Waals surface area (Å²) in [5.41, 5.74) is 0.